The fraction of sp³-hybridized carbons (Fsp3) is 0.481. The second kappa shape index (κ2) is 9.45. The van der Waals surface area contributed by atoms with Gasteiger partial charge in [0.05, 0.1) is 11.4 Å². The van der Waals surface area contributed by atoms with Crippen LogP contribution in [0, 0.1) is 0 Å². The Balaban J connectivity index is 1.38. The van der Waals surface area contributed by atoms with E-state index < -0.39 is 0 Å². The van der Waals surface area contributed by atoms with Gasteiger partial charge in [0.2, 0.25) is 0 Å². The second-order valence-corrected chi connectivity index (χ2v) is 9.63. The van der Waals surface area contributed by atoms with Crippen LogP contribution in [-0.4, -0.2) is 56.8 Å². The number of rotatable bonds is 6. The summed E-state index contributed by atoms with van der Waals surface area (Å²) in [6, 6.07) is 15.3. The van der Waals surface area contributed by atoms with Gasteiger partial charge in [-0.15, -0.1) is 0 Å². The van der Waals surface area contributed by atoms with Crippen molar-refractivity contribution in [2.45, 2.75) is 38.6 Å². The highest BCUT2D eigenvalue weighted by molar-refractivity contribution is 5.74. The van der Waals surface area contributed by atoms with Crippen molar-refractivity contribution >= 4 is 28.3 Å². The van der Waals surface area contributed by atoms with Crippen LogP contribution in [0.3, 0.4) is 0 Å². The first-order chi connectivity index (χ1) is 15.4. The minimum atomic E-state index is -0.00363. The maximum Gasteiger partial charge on any atom is 0.0602 e. The first-order valence-corrected chi connectivity index (χ1v) is 12.0. The Morgan fingerprint density at radius 3 is 2.09 bits per heavy atom. The molecular formula is C27H39N5. The van der Waals surface area contributed by atoms with Crippen LogP contribution in [0.5, 0.6) is 0 Å². The van der Waals surface area contributed by atoms with Crippen molar-refractivity contribution in [3.8, 4) is 0 Å². The van der Waals surface area contributed by atoms with Crippen molar-refractivity contribution in [1.82, 2.24) is 4.90 Å². The van der Waals surface area contributed by atoms with E-state index in [-0.39, 0.29) is 5.54 Å². The van der Waals surface area contributed by atoms with E-state index in [0.717, 1.165) is 43.2 Å². The van der Waals surface area contributed by atoms with Gasteiger partial charge in [-0.2, -0.15) is 0 Å². The zero-order chi connectivity index (χ0) is 22.7. The summed E-state index contributed by atoms with van der Waals surface area (Å²) in [5, 5.41) is 3.15. The number of piperidine rings is 1. The van der Waals surface area contributed by atoms with Crippen molar-refractivity contribution in [2.75, 3.05) is 67.2 Å². The number of nitrogens with two attached hydrogens (primary N) is 1. The summed E-state index contributed by atoms with van der Waals surface area (Å²) in [5.74, 6) is 0. The molecule has 0 atom stereocenters. The molecule has 0 aromatic heterocycles. The zero-order valence-electron chi connectivity index (χ0n) is 20.0. The van der Waals surface area contributed by atoms with Crippen LogP contribution in [0.25, 0.3) is 5.57 Å². The Labute approximate surface area is 193 Å². The van der Waals surface area contributed by atoms with E-state index in [9.17, 15) is 0 Å². The molecule has 2 aromatic rings. The van der Waals surface area contributed by atoms with Gasteiger partial charge in [0.25, 0.3) is 0 Å². The lowest BCUT2D eigenvalue weighted by molar-refractivity contribution is 0.140. The van der Waals surface area contributed by atoms with Gasteiger partial charge in [0, 0.05) is 50.1 Å². The van der Waals surface area contributed by atoms with E-state index in [1.807, 2.05) is 13.1 Å². The number of hydrogen-bond acceptors (Lipinski definition) is 5. The summed E-state index contributed by atoms with van der Waals surface area (Å²) in [6.07, 6.45) is 3.95. The summed E-state index contributed by atoms with van der Waals surface area (Å²) in [6.45, 7) is 15.4. The molecule has 0 amide bonds. The lowest BCUT2D eigenvalue weighted by Gasteiger charge is -2.42. The predicted molar refractivity (Wildman–Crippen MR) is 140 cm³/mol. The molecule has 4 rings (SSSR count). The van der Waals surface area contributed by atoms with E-state index in [0.29, 0.717) is 0 Å². The van der Waals surface area contributed by atoms with Crippen LogP contribution in [0.4, 0.5) is 22.7 Å². The molecule has 2 fully saturated rings. The van der Waals surface area contributed by atoms with Gasteiger partial charge in [0.15, 0.2) is 0 Å². The summed E-state index contributed by atoms with van der Waals surface area (Å²) in [7, 11) is 1.92. The molecule has 2 aromatic carbocycles. The molecule has 0 radical (unpaired) electrons. The van der Waals surface area contributed by atoms with Gasteiger partial charge in [-0.3, -0.25) is 4.90 Å². The summed E-state index contributed by atoms with van der Waals surface area (Å²) in [4.78, 5) is 7.46. The average Bonchev–Trinajstić information content (AvgIpc) is 2.84. The Bertz CT molecular complexity index is 920. The van der Waals surface area contributed by atoms with Crippen molar-refractivity contribution in [1.29, 1.82) is 0 Å². The maximum atomic E-state index is 6.30. The Morgan fingerprint density at radius 2 is 1.50 bits per heavy atom. The summed E-state index contributed by atoms with van der Waals surface area (Å²) in [5.41, 5.74) is 13.1. The molecule has 5 heteroatoms. The molecule has 0 unspecified atom stereocenters. The normalized spacial score (nSPS) is 18.0. The van der Waals surface area contributed by atoms with E-state index in [1.165, 1.54) is 49.2 Å². The molecule has 0 bridgehead atoms. The van der Waals surface area contributed by atoms with Gasteiger partial charge < -0.3 is 20.9 Å². The highest BCUT2D eigenvalue weighted by Gasteiger charge is 2.31. The predicted octanol–water partition coefficient (Wildman–Crippen LogP) is 4.91. The van der Waals surface area contributed by atoms with Crippen molar-refractivity contribution < 1.29 is 0 Å². The Hall–Kier alpha value is -2.66. The van der Waals surface area contributed by atoms with Crippen LogP contribution in [0.1, 0.15) is 38.7 Å². The SMILES string of the molecule is C=C(c1ccc(N2CCN(c3ccc(NC)cc3N)CC2)cc1)C(C)(C)N1CCCCC1. The number of nitrogens with one attached hydrogen (secondary N) is 1. The van der Waals surface area contributed by atoms with Gasteiger partial charge in [0.1, 0.15) is 0 Å². The lowest BCUT2D eigenvalue weighted by Crippen LogP contribution is -2.47. The molecule has 2 heterocycles. The molecule has 2 saturated heterocycles. The number of piperazine rings is 1. The average molecular weight is 434 g/mol. The monoisotopic (exact) mass is 433 g/mol. The van der Waals surface area contributed by atoms with Crippen LogP contribution >= 0.6 is 0 Å². The van der Waals surface area contributed by atoms with E-state index >= 15 is 0 Å². The standard InChI is InChI=1S/C27H39N5/c1-21(27(2,3)32-14-6-5-7-15-32)22-8-11-24(12-9-22)30-16-18-31(19-17-30)26-13-10-23(29-4)20-25(26)28/h8-13,20,29H,1,5-7,14-19,28H2,2-4H3. The zero-order valence-corrected chi connectivity index (χ0v) is 20.0. The first kappa shape index (κ1) is 22.5. The summed E-state index contributed by atoms with van der Waals surface area (Å²) < 4.78 is 0. The van der Waals surface area contributed by atoms with E-state index in [2.05, 4.69) is 76.8 Å². The molecule has 0 spiro atoms. The Morgan fingerprint density at radius 1 is 0.875 bits per heavy atom. The van der Waals surface area contributed by atoms with Crippen LogP contribution in [0.2, 0.25) is 0 Å². The van der Waals surface area contributed by atoms with Gasteiger partial charge in [-0.1, -0.05) is 25.1 Å². The molecule has 2 aliphatic rings. The smallest absolute Gasteiger partial charge is 0.0602 e. The summed E-state index contributed by atoms with van der Waals surface area (Å²) >= 11 is 0. The van der Waals surface area contributed by atoms with Crippen LogP contribution in [0.15, 0.2) is 49.0 Å². The molecule has 0 saturated carbocycles. The molecule has 5 nitrogen and oxygen atoms in total. The highest BCUT2D eigenvalue weighted by Crippen LogP contribution is 2.34. The van der Waals surface area contributed by atoms with Crippen LogP contribution in [-0.2, 0) is 0 Å². The van der Waals surface area contributed by atoms with Gasteiger partial charge in [-0.25, -0.2) is 0 Å². The molecule has 2 aliphatic heterocycles. The number of nitrogen functional groups attached to an aromatic ring is 1. The van der Waals surface area contributed by atoms with Crippen molar-refractivity contribution in [3.63, 3.8) is 0 Å². The molecule has 0 aliphatic carbocycles. The van der Waals surface area contributed by atoms with Gasteiger partial charge in [-0.05, 0) is 81.2 Å². The number of nitrogens with zero attached hydrogens (tertiary/aromatic N) is 3. The van der Waals surface area contributed by atoms with Crippen molar-refractivity contribution in [2.24, 2.45) is 0 Å². The first-order valence-electron chi connectivity index (χ1n) is 12.0. The maximum absolute atomic E-state index is 6.30. The minimum Gasteiger partial charge on any atom is -0.397 e. The largest absolute Gasteiger partial charge is 0.397 e. The third-order valence-electron chi connectivity index (χ3n) is 7.40. The molecule has 172 valence electrons. The quantitative estimate of drug-likeness (QED) is 0.634. The molecule has 3 N–H and O–H groups in total. The third kappa shape index (κ3) is 4.58. The van der Waals surface area contributed by atoms with Gasteiger partial charge >= 0.3 is 0 Å². The van der Waals surface area contributed by atoms with Crippen molar-refractivity contribution in [3.05, 3.63) is 54.6 Å². The van der Waals surface area contributed by atoms with E-state index in [1.54, 1.807) is 0 Å². The topological polar surface area (TPSA) is 47.8 Å². The van der Waals surface area contributed by atoms with Crippen LogP contribution < -0.4 is 20.9 Å². The lowest BCUT2D eigenvalue weighted by atomic mass is 9.86. The van der Waals surface area contributed by atoms with E-state index in [4.69, 9.17) is 5.73 Å². The number of anilines is 4. The number of likely N-dealkylation sites (tertiary alicyclic amines) is 1. The molecule has 32 heavy (non-hydrogen) atoms. The fourth-order valence-electron chi connectivity index (χ4n) is 5.07. The Kier molecular flexibility index (Phi) is 6.66. The highest BCUT2D eigenvalue weighted by atomic mass is 15.3. The number of hydrogen-bond donors (Lipinski definition) is 2. The second-order valence-electron chi connectivity index (χ2n) is 9.63. The number of benzene rings is 2. The fourth-order valence-corrected chi connectivity index (χ4v) is 5.07. The molecular weight excluding hydrogens is 394 g/mol. The minimum absolute atomic E-state index is 0.00363. The third-order valence-corrected chi connectivity index (χ3v) is 7.40.